The minimum Gasteiger partial charge on any atom is -0.493 e. The van der Waals surface area contributed by atoms with E-state index in [0.29, 0.717) is 36.5 Å². The van der Waals surface area contributed by atoms with E-state index in [0.717, 1.165) is 28.0 Å². The molecular formula is C26H27NO5. The fraction of sp³-hybridized carbons (Fsp3) is 0.192. The highest BCUT2D eigenvalue weighted by Crippen LogP contribution is 2.34. The predicted octanol–water partition coefficient (Wildman–Crippen LogP) is 5.31. The summed E-state index contributed by atoms with van der Waals surface area (Å²) in [5.41, 5.74) is 3.38. The Bertz CT molecular complexity index is 1070. The normalized spacial score (nSPS) is 10.2. The first kappa shape index (κ1) is 22.7. The number of hydrogen-bond acceptors (Lipinski definition) is 6. The molecule has 0 atom stereocenters. The van der Waals surface area contributed by atoms with Crippen LogP contribution in [0.1, 0.15) is 16.7 Å². The lowest BCUT2D eigenvalue weighted by molar-refractivity contribution is 0.274. The minimum absolute atomic E-state index is 0.316. The lowest BCUT2D eigenvalue weighted by Gasteiger charge is -2.16. The van der Waals surface area contributed by atoms with Crippen molar-refractivity contribution in [1.29, 1.82) is 0 Å². The third-order valence-corrected chi connectivity index (χ3v) is 4.77. The summed E-state index contributed by atoms with van der Waals surface area (Å²) in [6.07, 6.45) is 1.71. The molecule has 6 heteroatoms. The van der Waals surface area contributed by atoms with E-state index in [1.807, 2.05) is 54.6 Å². The van der Waals surface area contributed by atoms with Gasteiger partial charge < -0.3 is 23.7 Å². The highest BCUT2D eigenvalue weighted by Gasteiger charge is 2.13. The topological polar surface area (TPSA) is 59.0 Å². The molecule has 0 unspecified atom stereocenters. The number of hydrogen-bond donors (Lipinski definition) is 0. The van der Waals surface area contributed by atoms with Gasteiger partial charge in [0.15, 0.2) is 11.5 Å². The fourth-order valence-corrected chi connectivity index (χ4v) is 3.08. The van der Waals surface area contributed by atoms with E-state index in [1.165, 1.54) is 0 Å². The molecule has 0 amide bonds. The van der Waals surface area contributed by atoms with Gasteiger partial charge >= 0.3 is 0 Å². The molecule has 32 heavy (non-hydrogen) atoms. The number of rotatable bonds is 11. The van der Waals surface area contributed by atoms with Crippen LogP contribution in [0.5, 0.6) is 29.0 Å². The van der Waals surface area contributed by atoms with Gasteiger partial charge in [0, 0.05) is 17.7 Å². The molecule has 0 aliphatic heterocycles. The van der Waals surface area contributed by atoms with Crippen LogP contribution < -0.4 is 23.7 Å². The average Bonchev–Trinajstić information content (AvgIpc) is 2.85. The highest BCUT2D eigenvalue weighted by molar-refractivity contribution is 5.80. The molecule has 166 valence electrons. The molecule has 0 bridgehead atoms. The largest absolute Gasteiger partial charge is 0.493 e. The molecule has 0 N–H and O–H groups in total. The second-order valence-corrected chi connectivity index (χ2v) is 6.78. The molecule has 3 rings (SSSR count). The van der Waals surface area contributed by atoms with Crippen molar-refractivity contribution in [3.8, 4) is 29.0 Å². The van der Waals surface area contributed by atoms with Crippen LogP contribution in [-0.2, 0) is 6.61 Å². The molecular weight excluding hydrogens is 406 g/mol. The van der Waals surface area contributed by atoms with E-state index in [4.69, 9.17) is 23.7 Å². The van der Waals surface area contributed by atoms with Crippen molar-refractivity contribution >= 4 is 5.57 Å². The van der Waals surface area contributed by atoms with Gasteiger partial charge in [-0.25, -0.2) is 0 Å². The zero-order valence-electron chi connectivity index (χ0n) is 18.6. The Kier molecular flexibility index (Phi) is 7.75. The summed E-state index contributed by atoms with van der Waals surface area (Å²) < 4.78 is 27.9. The third kappa shape index (κ3) is 5.40. The molecule has 0 aliphatic carbocycles. The number of ether oxygens (including phenoxy) is 5. The van der Waals surface area contributed by atoms with Crippen molar-refractivity contribution in [3.05, 3.63) is 90.5 Å². The quantitative estimate of drug-likeness (QED) is 0.382. The molecule has 0 aliphatic rings. The summed E-state index contributed by atoms with van der Waals surface area (Å²) in [7, 11) is 4.73. The smallest absolute Gasteiger partial charge is 0.216 e. The van der Waals surface area contributed by atoms with E-state index < -0.39 is 0 Å². The summed E-state index contributed by atoms with van der Waals surface area (Å²) in [6, 6.07) is 17.0. The lowest BCUT2D eigenvalue weighted by atomic mass is 10.00. The van der Waals surface area contributed by atoms with Crippen molar-refractivity contribution in [3.63, 3.8) is 0 Å². The first-order valence-electron chi connectivity index (χ1n) is 10.0. The number of para-hydroxylation sites is 1. The Morgan fingerprint density at radius 2 is 1.53 bits per heavy atom. The summed E-state index contributed by atoms with van der Waals surface area (Å²) in [5.74, 6) is 2.86. The van der Waals surface area contributed by atoms with Crippen molar-refractivity contribution in [2.75, 3.05) is 27.9 Å². The van der Waals surface area contributed by atoms with E-state index in [1.54, 1.807) is 27.4 Å². The first-order valence-corrected chi connectivity index (χ1v) is 10.0. The van der Waals surface area contributed by atoms with Gasteiger partial charge in [0.2, 0.25) is 11.8 Å². The predicted molar refractivity (Wildman–Crippen MR) is 125 cm³/mol. The highest BCUT2D eigenvalue weighted by atomic mass is 16.5. The van der Waals surface area contributed by atoms with Crippen LogP contribution in [0.15, 0.2) is 73.8 Å². The van der Waals surface area contributed by atoms with Gasteiger partial charge in [-0.1, -0.05) is 43.5 Å². The zero-order chi connectivity index (χ0) is 22.9. The minimum atomic E-state index is 0.316. The van der Waals surface area contributed by atoms with Crippen LogP contribution in [-0.4, -0.2) is 32.9 Å². The van der Waals surface area contributed by atoms with Crippen LogP contribution in [0.25, 0.3) is 5.57 Å². The van der Waals surface area contributed by atoms with Crippen LogP contribution in [0.3, 0.4) is 0 Å². The number of pyridine rings is 1. The maximum atomic E-state index is 6.12. The van der Waals surface area contributed by atoms with Crippen LogP contribution in [0.2, 0.25) is 0 Å². The van der Waals surface area contributed by atoms with Gasteiger partial charge in [-0.15, -0.1) is 0 Å². The van der Waals surface area contributed by atoms with Gasteiger partial charge in [-0.2, -0.15) is 4.98 Å². The van der Waals surface area contributed by atoms with Gasteiger partial charge in [0.25, 0.3) is 0 Å². The molecule has 3 aromatic rings. The molecule has 2 aromatic carbocycles. The first-order chi connectivity index (χ1) is 15.6. The molecule has 0 radical (unpaired) electrons. The Labute approximate surface area is 188 Å². The maximum absolute atomic E-state index is 6.12. The number of methoxy groups -OCH3 is 3. The number of nitrogens with zero attached hydrogens (tertiary/aromatic N) is 1. The average molecular weight is 434 g/mol. The lowest BCUT2D eigenvalue weighted by Crippen LogP contribution is -2.02. The summed E-state index contributed by atoms with van der Waals surface area (Å²) in [6.45, 7) is 8.68. The van der Waals surface area contributed by atoms with Crippen molar-refractivity contribution in [2.24, 2.45) is 0 Å². The van der Waals surface area contributed by atoms with E-state index >= 15 is 0 Å². The summed E-state index contributed by atoms with van der Waals surface area (Å²) in [5, 5.41) is 0. The van der Waals surface area contributed by atoms with Crippen LogP contribution in [0.4, 0.5) is 0 Å². The molecule has 0 saturated heterocycles. The molecule has 6 nitrogen and oxygen atoms in total. The Hall–Kier alpha value is -3.93. The number of benzene rings is 2. The Balaban J connectivity index is 1.87. The van der Waals surface area contributed by atoms with Gasteiger partial charge in [0.1, 0.15) is 19.0 Å². The van der Waals surface area contributed by atoms with Crippen molar-refractivity contribution in [1.82, 2.24) is 4.98 Å². The standard InChI is InChI=1S/C26H27NO5/c1-6-13-31-22-10-8-7-9-20(22)17-32-24-14-19(11-12-23(24)28-3)18(2)21-15-25(29-4)27-26(16-21)30-5/h6-12,14-16H,1-2,13,17H2,3-5H3. The number of aromatic nitrogens is 1. The van der Waals surface area contributed by atoms with E-state index in [9.17, 15) is 0 Å². The molecule has 0 saturated carbocycles. The fourth-order valence-electron chi connectivity index (χ4n) is 3.08. The Morgan fingerprint density at radius 1 is 0.812 bits per heavy atom. The zero-order valence-corrected chi connectivity index (χ0v) is 18.6. The summed E-state index contributed by atoms with van der Waals surface area (Å²) in [4.78, 5) is 4.24. The van der Waals surface area contributed by atoms with E-state index in [-0.39, 0.29) is 0 Å². The second kappa shape index (κ2) is 10.9. The van der Waals surface area contributed by atoms with Crippen molar-refractivity contribution < 1.29 is 23.7 Å². The van der Waals surface area contributed by atoms with Gasteiger partial charge in [-0.3, -0.25) is 0 Å². The van der Waals surface area contributed by atoms with Crippen molar-refractivity contribution in [2.45, 2.75) is 6.61 Å². The van der Waals surface area contributed by atoms with E-state index in [2.05, 4.69) is 18.1 Å². The summed E-state index contributed by atoms with van der Waals surface area (Å²) >= 11 is 0. The third-order valence-electron chi connectivity index (χ3n) is 4.77. The monoisotopic (exact) mass is 433 g/mol. The second-order valence-electron chi connectivity index (χ2n) is 6.78. The molecule has 0 spiro atoms. The molecule has 1 heterocycles. The van der Waals surface area contributed by atoms with Gasteiger partial charge in [0.05, 0.1) is 21.3 Å². The maximum Gasteiger partial charge on any atom is 0.216 e. The van der Waals surface area contributed by atoms with Crippen LogP contribution >= 0.6 is 0 Å². The SMILES string of the molecule is C=CCOc1ccccc1COc1cc(C(=C)c2cc(OC)nc(OC)c2)ccc1OC. The Morgan fingerprint density at radius 3 is 2.19 bits per heavy atom. The van der Waals surface area contributed by atoms with Crippen LogP contribution in [0, 0.1) is 0 Å². The van der Waals surface area contributed by atoms with Gasteiger partial charge in [-0.05, 0) is 34.9 Å². The molecule has 0 fully saturated rings. The molecule has 1 aromatic heterocycles.